The van der Waals surface area contributed by atoms with Crippen LogP contribution in [0.15, 0.2) is 47.4 Å². The zero-order valence-electron chi connectivity index (χ0n) is 11.9. The summed E-state index contributed by atoms with van der Waals surface area (Å²) in [6.45, 7) is 1.71. The van der Waals surface area contributed by atoms with E-state index in [-0.39, 0.29) is 4.90 Å². The molecular formula is C14H13ClN2O4S. The highest BCUT2D eigenvalue weighted by Gasteiger charge is 2.29. The number of anilines is 1. The summed E-state index contributed by atoms with van der Waals surface area (Å²) in [7, 11) is -2.70. The molecule has 0 amide bonds. The first-order valence-corrected chi connectivity index (χ1v) is 8.05. The van der Waals surface area contributed by atoms with Crippen LogP contribution in [-0.2, 0) is 10.0 Å². The van der Waals surface area contributed by atoms with Crippen LogP contribution >= 0.6 is 11.6 Å². The summed E-state index contributed by atoms with van der Waals surface area (Å²) in [5.74, 6) is 0. The zero-order valence-corrected chi connectivity index (χ0v) is 13.4. The molecular weight excluding hydrogens is 328 g/mol. The molecule has 0 aliphatic heterocycles. The summed E-state index contributed by atoms with van der Waals surface area (Å²) in [4.78, 5) is 9.98. The van der Waals surface area contributed by atoms with E-state index >= 15 is 0 Å². The van der Waals surface area contributed by atoms with E-state index < -0.39 is 20.6 Å². The smallest absolute Gasteiger partial charge is 0.269 e. The van der Waals surface area contributed by atoms with Gasteiger partial charge in [0.15, 0.2) is 4.90 Å². The van der Waals surface area contributed by atoms with E-state index in [0.29, 0.717) is 16.3 Å². The fourth-order valence-corrected chi connectivity index (χ4v) is 3.72. The van der Waals surface area contributed by atoms with E-state index in [1.54, 1.807) is 25.1 Å². The highest BCUT2D eigenvalue weighted by Crippen LogP contribution is 2.31. The van der Waals surface area contributed by atoms with Crippen LogP contribution in [-0.4, -0.2) is 20.4 Å². The lowest BCUT2D eigenvalue weighted by Gasteiger charge is -2.21. The molecule has 0 atom stereocenters. The van der Waals surface area contributed by atoms with Crippen LogP contribution in [0.1, 0.15) is 5.56 Å². The standard InChI is InChI=1S/C14H13ClN2O4S/c1-10-9-11(15)7-8-12(10)16(2)22(20,21)14-6-4-3-5-13(14)17(18)19/h3-9H,1-2H3. The minimum absolute atomic E-state index is 0.350. The number of hydrogen-bond acceptors (Lipinski definition) is 4. The molecule has 116 valence electrons. The second-order valence-corrected chi connectivity index (χ2v) is 7.00. The van der Waals surface area contributed by atoms with Crippen LogP contribution < -0.4 is 4.31 Å². The molecule has 2 rings (SSSR count). The topological polar surface area (TPSA) is 80.5 Å². The van der Waals surface area contributed by atoms with Crippen molar-refractivity contribution < 1.29 is 13.3 Å². The molecule has 22 heavy (non-hydrogen) atoms. The summed E-state index contributed by atoms with van der Waals surface area (Å²) < 4.78 is 26.4. The fourth-order valence-electron chi connectivity index (χ4n) is 2.08. The molecule has 0 aliphatic rings. The first kappa shape index (κ1) is 16.3. The summed E-state index contributed by atoms with van der Waals surface area (Å²) in [6, 6.07) is 10.00. The van der Waals surface area contributed by atoms with Gasteiger partial charge in [0.05, 0.1) is 10.6 Å². The molecule has 0 radical (unpaired) electrons. The largest absolute Gasteiger partial charge is 0.289 e. The van der Waals surface area contributed by atoms with E-state index in [2.05, 4.69) is 0 Å². The van der Waals surface area contributed by atoms with Crippen molar-refractivity contribution in [2.24, 2.45) is 0 Å². The molecule has 0 N–H and O–H groups in total. The van der Waals surface area contributed by atoms with Crippen molar-refractivity contribution in [2.45, 2.75) is 11.8 Å². The minimum atomic E-state index is -4.05. The van der Waals surface area contributed by atoms with Gasteiger partial charge in [-0.05, 0) is 36.8 Å². The quantitative estimate of drug-likeness (QED) is 0.631. The second-order valence-electron chi connectivity index (χ2n) is 4.63. The van der Waals surface area contributed by atoms with Crippen molar-refractivity contribution >= 4 is 33.0 Å². The maximum absolute atomic E-state index is 12.7. The first-order chi connectivity index (χ1) is 10.2. The molecule has 0 bridgehead atoms. The SMILES string of the molecule is Cc1cc(Cl)ccc1N(C)S(=O)(=O)c1ccccc1[N+](=O)[O-]. The molecule has 2 aromatic carbocycles. The molecule has 0 aromatic heterocycles. The average Bonchev–Trinajstić information content (AvgIpc) is 2.46. The van der Waals surface area contributed by atoms with Crippen molar-refractivity contribution in [3.8, 4) is 0 Å². The van der Waals surface area contributed by atoms with Crippen molar-refractivity contribution in [3.05, 3.63) is 63.2 Å². The molecule has 0 heterocycles. The van der Waals surface area contributed by atoms with Crippen LogP contribution in [0, 0.1) is 17.0 Å². The normalized spacial score (nSPS) is 11.2. The lowest BCUT2D eigenvalue weighted by atomic mass is 10.2. The molecule has 6 nitrogen and oxygen atoms in total. The van der Waals surface area contributed by atoms with Gasteiger partial charge in [-0.15, -0.1) is 0 Å². The third-order valence-electron chi connectivity index (χ3n) is 3.20. The van der Waals surface area contributed by atoms with Crippen LogP contribution in [0.4, 0.5) is 11.4 Å². The maximum atomic E-state index is 12.7. The summed E-state index contributed by atoms with van der Waals surface area (Å²) >= 11 is 5.86. The molecule has 0 spiro atoms. The van der Waals surface area contributed by atoms with E-state index in [4.69, 9.17) is 11.6 Å². The van der Waals surface area contributed by atoms with Crippen molar-refractivity contribution in [1.29, 1.82) is 0 Å². The van der Waals surface area contributed by atoms with Gasteiger partial charge >= 0.3 is 0 Å². The summed E-state index contributed by atoms with van der Waals surface area (Å²) in [5, 5.41) is 11.5. The molecule has 0 saturated heterocycles. The summed E-state index contributed by atoms with van der Waals surface area (Å²) in [6.07, 6.45) is 0. The highest BCUT2D eigenvalue weighted by atomic mass is 35.5. The molecule has 2 aromatic rings. The highest BCUT2D eigenvalue weighted by molar-refractivity contribution is 7.93. The van der Waals surface area contributed by atoms with Gasteiger partial charge < -0.3 is 0 Å². The maximum Gasteiger partial charge on any atom is 0.289 e. The Bertz CT molecular complexity index is 836. The number of aryl methyl sites for hydroxylation is 1. The first-order valence-electron chi connectivity index (χ1n) is 6.23. The van der Waals surface area contributed by atoms with Crippen LogP contribution in [0.3, 0.4) is 0 Å². The third kappa shape index (κ3) is 2.90. The molecule has 0 aliphatic carbocycles. The third-order valence-corrected chi connectivity index (χ3v) is 5.25. The molecule has 8 heteroatoms. The Morgan fingerprint density at radius 3 is 2.41 bits per heavy atom. The predicted octanol–water partition coefficient (Wildman–Crippen LogP) is 3.38. The Morgan fingerprint density at radius 1 is 1.18 bits per heavy atom. The van der Waals surface area contributed by atoms with E-state index in [9.17, 15) is 18.5 Å². The van der Waals surface area contributed by atoms with Gasteiger partial charge in [0.25, 0.3) is 15.7 Å². The Morgan fingerprint density at radius 2 is 1.82 bits per heavy atom. The molecule has 0 fully saturated rings. The number of nitro groups is 1. The number of halogens is 1. The fraction of sp³-hybridized carbons (Fsp3) is 0.143. The Kier molecular flexibility index (Phi) is 4.39. The van der Waals surface area contributed by atoms with Gasteiger partial charge in [-0.2, -0.15) is 0 Å². The van der Waals surface area contributed by atoms with Crippen LogP contribution in [0.5, 0.6) is 0 Å². The minimum Gasteiger partial charge on any atom is -0.269 e. The van der Waals surface area contributed by atoms with Crippen LogP contribution in [0.25, 0.3) is 0 Å². The van der Waals surface area contributed by atoms with Gasteiger partial charge in [-0.1, -0.05) is 23.7 Å². The zero-order chi connectivity index (χ0) is 16.5. The summed E-state index contributed by atoms with van der Waals surface area (Å²) in [5.41, 5.74) is 0.598. The Labute approximate surface area is 133 Å². The van der Waals surface area contributed by atoms with Gasteiger partial charge in [-0.25, -0.2) is 8.42 Å². The number of nitrogens with zero attached hydrogens (tertiary/aromatic N) is 2. The number of nitro benzene ring substituents is 1. The number of rotatable bonds is 4. The number of benzene rings is 2. The van der Waals surface area contributed by atoms with Gasteiger partial charge in [0.1, 0.15) is 0 Å². The van der Waals surface area contributed by atoms with Gasteiger partial charge in [0, 0.05) is 18.1 Å². The van der Waals surface area contributed by atoms with E-state index in [1.165, 1.54) is 25.2 Å². The Hall–Kier alpha value is -2.12. The number of hydrogen-bond donors (Lipinski definition) is 0. The van der Waals surface area contributed by atoms with Crippen molar-refractivity contribution in [1.82, 2.24) is 0 Å². The van der Waals surface area contributed by atoms with Gasteiger partial charge in [-0.3, -0.25) is 14.4 Å². The Balaban J connectivity index is 2.58. The van der Waals surface area contributed by atoms with E-state index in [0.717, 1.165) is 10.4 Å². The second kappa shape index (κ2) is 5.94. The average molecular weight is 341 g/mol. The predicted molar refractivity (Wildman–Crippen MR) is 84.9 cm³/mol. The lowest BCUT2D eigenvalue weighted by Crippen LogP contribution is -2.27. The number of sulfonamides is 1. The van der Waals surface area contributed by atoms with Gasteiger partial charge in [0.2, 0.25) is 0 Å². The lowest BCUT2D eigenvalue weighted by molar-refractivity contribution is -0.387. The molecule has 0 saturated carbocycles. The monoisotopic (exact) mass is 340 g/mol. The van der Waals surface area contributed by atoms with E-state index in [1.807, 2.05) is 0 Å². The van der Waals surface area contributed by atoms with Crippen molar-refractivity contribution in [3.63, 3.8) is 0 Å². The molecule has 0 unspecified atom stereocenters. The van der Waals surface area contributed by atoms with Crippen LogP contribution in [0.2, 0.25) is 5.02 Å². The number of para-hydroxylation sites is 1. The van der Waals surface area contributed by atoms with Crippen molar-refractivity contribution in [2.75, 3.05) is 11.4 Å².